The molecule has 0 saturated carbocycles. The van der Waals surface area contributed by atoms with Crippen molar-refractivity contribution < 1.29 is 19.8 Å². The molecule has 0 aromatic carbocycles. The van der Waals surface area contributed by atoms with E-state index in [0.717, 1.165) is 6.42 Å². The Morgan fingerprint density at radius 1 is 1.16 bits per heavy atom. The van der Waals surface area contributed by atoms with Crippen molar-refractivity contribution in [1.29, 1.82) is 0 Å². The van der Waals surface area contributed by atoms with Crippen LogP contribution in [0.5, 0.6) is 0 Å². The molecule has 0 aliphatic heterocycles. The fourth-order valence-corrected chi connectivity index (χ4v) is 2.26. The summed E-state index contributed by atoms with van der Waals surface area (Å²) in [6, 6.07) is -1.61. The number of carboxylic acids is 1. The second-order valence-electron chi connectivity index (χ2n) is 6.62. The van der Waals surface area contributed by atoms with E-state index < -0.39 is 23.6 Å². The number of carbonyl (C=O) groups is 2. The summed E-state index contributed by atoms with van der Waals surface area (Å²) in [4.78, 5) is 22.6. The molecule has 0 aromatic rings. The molecule has 0 fully saturated rings. The minimum Gasteiger partial charge on any atom is -0.480 e. The maximum absolute atomic E-state index is 11.8. The smallest absolute Gasteiger partial charge is 0.326 e. The molecule has 0 bridgehead atoms. The van der Waals surface area contributed by atoms with Crippen molar-refractivity contribution in [2.75, 3.05) is 6.61 Å². The molecule has 4 N–H and O–H groups in total. The Hall–Kier alpha value is -1.30. The third-order valence-corrected chi connectivity index (χ3v) is 2.45. The van der Waals surface area contributed by atoms with Crippen LogP contribution in [0.4, 0.5) is 4.79 Å². The predicted molar refractivity (Wildman–Crippen MR) is 72.9 cm³/mol. The molecular formula is C13H26N2O4. The Kier molecular flexibility index (Phi) is 6.29. The number of aliphatic carboxylic acids is 1. The molecule has 0 heterocycles. The van der Waals surface area contributed by atoms with Crippen LogP contribution >= 0.6 is 0 Å². The molecular weight excluding hydrogens is 248 g/mol. The highest BCUT2D eigenvalue weighted by molar-refractivity contribution is 5.82. The average molecular weight is 274 g/mol. The van der Waals surface area contributed by atoms with Gasteiger partial charge < -0.3 is 20.8 Å². The van der Waals surface area contributed by atoms with Gasteiger partial charge in [-0.15, -0.1) is 0 Å². The molecule has 6 heteroatoms. The van der Waals surface area contributed by atoms with E-state index in [1.54, 1.807) is 0 Å². The second kappa shape index (κ2) is 6.75. The number of rotatable bonds is 6. The summed E-state index contributed by atoms with van der Waals surface area (Å²) in [7, 11) is 0. The topological polar surface area (TPSA) is 98.7 Å². The van der Waals surface area contributed by atoms with E-state index >= 15 is 0 Å². The van der Waals surface area contributed by atoms with E-state index in [1.165, 1.54) is 0 Å². The minimum absolute atomic E-state index is 0.0115. The number of nitrogens with one attached hydrogen (secondary N) is 2. The van der Waals surface area contributed by atoms with E-state index in [-0.39, 0.29) is 18.4 Å². The second-order valence-corrected chi connectivity index (χ2v) is 6.62. The first-order valence-corrected chi connectivity index (χ1v) is 6.39. The number of carbonyl (C=O) groups excluding carboxylic acids is 1. The van der Waals surface area contributed by atoms with Gasteiger partial charge in [-0.1, -0.05) is 20.8 Å². The van der Waals surface area contributed by atoms with Crippen LogP contribution in [0.3, 0.4) is 0 Å². The molecule has 1 atom stereocenters. The quantitative estimate of drug-likeness (QED) is 0.587. The minimum atomic E-state index is -1.15. The molecule has 0 spiro atoms. The first-order chi connectivity index (χ1) is 8.47. The Bertz CT molecular complexity index is 321. The lowest BCUT2D eigenvalue weighted by molar-refractivity contribution is -0.139. The molecule has 2 amide bonds. The van der Waals surface area contributed by atoms with Crippen molar-refractivity contribution in [3.8, 4) is 0 Å². The number of hydrogen-bond donors (Lipinski definition) is 4. The highest BCUT2D eigenvalue weighted by Gasteiger charge is 2.28. The zero-order chi connectivity index (χ0) is 15.3. The molecule has 0 rings (SSSR count). The van der Waals surface area contributed by atoms with Crippen LogP contribution < -0.4 is 10.6 Å². The first kappa shape index (κ1) is 17.7. The van der Waals surface area contributed by atoms with Crippen LogP contribution in [-0.4, -0.2) is 40.4 Å². The molecule has 0 radical (unpaired) electrons. The fraction of sp³-hybridized carbons (Fsp3) is 0.846. The van der Waals surface area contributed by atoms with Gasteiger partial charge in [0.2, 0.25) is 0 Å². The van der Waals surface area contributed by atoms with Crippen molar-refractivity contribution in [2.45, 2.75) is 59.0 Å². The molecule has 19 heavy (non-hydrogen) atoms. The van der Waals surface area contributed by atoms with E-state index in [4.69, 9.17) is 10.2 Å². The molecule has 0 aliphatic carbocycles. The number of aliphatic hydroxyl groups is 1. The number of carboxylic acid groups (broad SMARTS) is 1. The van der Waals surface area contributed by atoms with Gasteiger partial charge in [-0.2, -0.15) is 0 Å². The predicted octanol–water partition coefficient (Wildman–Crippen LogP) is 1.34. The summed E-state index contributed by atoms with van der Waals surface area (Å²) in [5, 5.41) is 22.7. The van der Waals surface area contributed by atoms with Crippen LogP contribution in [0.25, 0.3) is 0 Å². The van der Waals surface area contributed by atoms with Crippen molar-refractivity contribution in [3.63, 3.8) is 0 Å². The molecule has 0 aromatic heterocycles. The summed E-state index contributed by atoms with van der Waals surface area (Å²) in [6.45, 7) is 9.70. The lowest BCUT2D eigenvalue weighted by Gasteiger charge is -2.33. The summed E-state index contributed by atoms with van der Waals surface area (Å²) in [6.07, 6.45) is 0.744. The number of amides is 2. The third-order valence-electron chi connectivity index (χ3n) is 2.45. The van der Waals surface area contributed by atoms with Crippen LogP contribution in [0.1, 0.15) is 47.5 Å². The lowest BCUT2D eigenvalue weighted by atomic mass is 9.82. The molecule has 0 aliphatic rings. The molecule has 112 valence electrons. The summed E-state index contributed by atoms with van der Waals surface area (Å²) < 4.78 is 0. The number of hydrogen-bond acceptors (Lipinski definition) is 3. The monoisotopic (exact) mass is 274 g/mol. The number of urea groups is 1. The van der Waals surface area contributed by atoms with Gasteiger partial charge in [0.05, 0.1) is 0 Å². The van der Waals surface area contributed by atoms with Gasteiger partial charge in [-0.3, -0.25) is 0 Å². The normalized spacial score (nSPS) is 13.8. The van der Waals surface area contributed by atoms with Gasteiger partial charge in [-0.05, 0) is 25.7 Å². The van der Waals surface area contributed by atoms with Crippen LogP contribution in [-0.2, 0) is 4.79 Å². The Morgan fingerprint density at radius 2 is 1.68 bits per heavy atom. The van der Waals surface area contributed by atoms with Crippen molar-refractivity contribution in [3.05, 3.63) is 0 Å². The zero-order valence-corrected chi connectivity index (χ0v) is 12.4. The summed E-state index contributed by atoms with van der Waals surface area (Å²) in [5.41, 5.74) is -0.390. The van der Waals surface area contributed by atoms with Gasteiger partial charge >= 0.3 is 12.0 Å². The maximum Gasteiger partial charge on any atom is 0.326 e. The Morgan fingerprint density at radius 3 is 2.05 bits per heavy atom. The molecule has 6 nitrogen and oxygen atoms in total. The highest BCUT2D eigenvalue weighted by atomic mass is 16.4. The SMILES string of the molecule is CC(C)(C)CC(C)(C)NC(=O)NC(CCO)C(=O)O. The molecule has 0 saturated heterocycles. The van der Waals surface area contributed by atoms with Gasteiger partial charge in [-0.25, -0.2) is 9.59 Å². The van der Waals surface area contributed by atoms with Gasteiger partial charge in [0.1, 0.15) is 6.04 Å². The van der Waals surface area contributed by atoms with Gasteiger partial charge in [0, 0.05) is 18.6 Å². The third kappa shape index (κ3) is 8.42. The van der Waals surface area contributed by atoms with Gasteiger partial charge in [0.25, 0.3) is 0 Å². The summed E-state index contributed by atoms with van der Waals surface area (Å²) in [5.74, 6) is -1.15. The van der Waals surface area contributed by atoms with E-state index in [9.17, 15) is 9.59 Å². The lowest BCUT2D eigenvalue weighted by Crippen LogP contribution is -2.53. The standard InChI is InChI=1S/C13H26N2O4/c1-12(2,3)8-13(4,5)15-11(19)14-9(6-7-16)10(17)18/h9,16H,6-8H2,1-5H3,(H,17,18)(H2,14,15,19). The van der Waals surface area contributed by atoms with E-state index in [0.29, 0.717) is 0 Å². The largest absolute Gasteiger partial charge is 0.480 e. The van der Waals surface area contributed by atoms with Gasteiger partial charge in [0.15, 0.2) is 0 Å². The van der Waals surface area contributed by atoms with E-state index in [1.807, 2.05) is 13.8 Å². The summed E-state index contributed by atoms with van der Waals surface area (Å²) >= 11 is 0. The average Bonchev–Trinajstić information content (AvgIpc) is 2.11. The van der Waals surface area contributed by atoms with Crippen LogP contribution in [0, 0.1) is 5.41 Å². The van der Waals surface area contributed by atoms with E-state index in [2.05, 4.69) is 31.4 Å². The first-order valence-electron chi connectivity index (χ1n) is 6.39. The highest BCUT2D eigenvalue weighted by Crippen LogP contribution is 2.26. The maximum atomic E-state index is 11.8. The van der Waals surface area contributed by atoms with Crippen molar-refractivity contribution in [2.24, 2.45) is 5.41 Å². The Labute approximate surface area is 114 Å². The fourth-order valence-electron chi connectivity index (χ4n) is 2.26. The van der Waals surface area contributed by atoms with Crippen molar-refractivity contribution in [1.82, 2.24) is 10.6 Å². The molecule has 1 unspecified atom stereocenters. The zero-order valence-electron chi connectivity index (χ0n) is 12.4. The van der Waals surface area contributed by atoms with Crippen molar-refractivity contribution >= 4 is 12.0 Å². The number of aliphatic hydroxyl groups excluding tert-OH is 1. The van der Waals surface area contributed by atoms with Crippen LogP contribution in [0.15, 0.2) is 0 Å². The Balaban J connectivity index is 4.47. The van der Waals surface area contributed by atoms with Crippen LogP contribution in [0.2, 0.25) is 0 Å².